The molecule has 1 unspecified atom stereocenters. The van der Waals surface area contributed by atoms with E-state index in [9.17, 15) is 9.59 Å². The Labute approximate surface area is 170 Å². The number of methoxy groups -OCH3 is 1. The van der Waals surface area contributed by atoms with Gasteiger partial charge in [-0.15, -0.1) is 0 Å². The number of carbonyl (C=O) groups is 2. The summed E-state index contributed by atoms with van der Waals surface area (Å²) in [4.78, 5) is 33.1. The molecule has 0 amide bonds. The quantitative estimate of drug-likeness (QED) is 0.583. The van der Waals surface area contributed by atoms with Crippen molar-refractivity contribution in [3.05, 3.63) is 41.5 Å². The molecule has 4 atom stereocenters. The number of hydrogen-bond donors (Lipinski definition) is 0. The Kier molecular flexibility index (Phi) is 4.01. The molecule has 6 heteroatoms. The van der Waals surface area contributed by atoms with Crippen molar-refractivity contribution < 1.29 is 19.1 Å². The van der Waals surface area contributed by atoms with E-state index in [0.29, 0.717) is 0 Å². The maximum Gasteiger partial charge on any atom is 0.317 e. The number of nitrogens with zero attached hydrogens (tertiary/aromatic N) is 2. The van der Waals surface area contributed by atoms with Gasteiger partial charge in [0.2, 0.25) is 0 Å². The minimum atomic E-state index is -1.01. The zero-order valence-electron chi connectivity index (χ0n) is 17.1. The molecule has 1 aromatic rings. The largest absolute Gasteiger partial charge is 0.468 e. The van der Waals surface area contributed by atoms with Gasteiger partial charge in [-0.1, -0.05) is 29.8 Å². The Morgan fingerprint density at radius 3 is 2.86 bits per heavy atom. The topological polar surface area (TPSA) is 68.2 Å². The van der Waals surface area contributed by atoms with E-state index in [1.165, 1.54) is 19.6 Å². The fraction of sp³-hybridized carbons (Fsp3) is 0.522. The number of rotatable bonds is 3. The number of carbonyl (C=O) groups excluding carboxylic acids is 2. The van der Waals surface area contributed by atoms with E-state index < -0.39 is 10.8 Å². The summed E-state index contributed by atoms with van der Waals surface area (Å²) in [7, 11) is 1.44. The van der Waals surface area contributed by atoms with Crippen LogP contribution in [0.25, 0.3) is 0 Å². The van der Waals surface area contributed by atoms with Crippen LogP contribution in [0.5, 0.6) is 0 Å². The summed E-state index contributed by atoms with van der Waals surface area (Å²) in [6.45, 7) is 5.13. The zero-order valence-corrected chi connectivity index (χ0v) is 17.1. The molecule has 0 radical (unpaired) electrons. The summed E-state index contributed by atoms with van der Waals surface area (Å²) < 4.78 is 11.1. The molecule has 2 saturated heterocycles. The van der Waals surface area contributed by atoms with E-state index >= 15 is 0 Å². The van der Waals surface area contributed by atoms with Gasteiger partial charge in [-0.2, -0.15) is 0 Å². The highest BCUT2D eigenvalue weighted by molar-refractivity contribution is 6.11. The summed E-state index contributed by atoms with van der Waals surface area (Å²) >= 11 is 0. The summed E-state index contributed by atoms with van der Waals surface area (Å²) in [6.07, 6.45) is 3.69. The van der Waals surface area contributed by atoms with Crippen LogP contribution in [0.1, 0.15) is 32.3 Å². The second kappa shape index (κ2) is 6.26. The summed E-state index contributed by atoms with van der Waals surface area (Å²) in [5.41, 5.74) is 2.65. The van der Waals surface area contributed by atoms with E-state index in [-0.39, 0.29) is 30.5 Å². The van der Waals surface area contributed by atoms with Gasteiger partial charge < -0.3 is 9.47 Å². The SMILES string of the molecule is C/C=C1/CN2CC[C@]34C(=Nc5ccccc53)[C@@H]2C[C@@H]1C4(COC(C)=O)C(=O)OC. The first kappa shape index (κ1) is 18.6. The van der Waals surface area contributed by atoms with Crippen LogP contribution in [0.2, 0.25) is 0 Å². The highest BCUT2D eigenvalue weighted by atomic mass is 16.5. The van der Waals surface area contributed by atoms with Crippen molar-refractivity contribution >= 4 is 23.3 Å². The fourth-order valence-corrected chi connectivity index (χ4v) is 6.52. The van der Waals surface area contributed by atoms with Gasteiger partial charge in [-0.3, -0.25) is 19.5 Å². The first-order chi connectivity index (χ1) is 14.0. The molecule has 3 heterocycles. The van der Waals surface area contributed by atoms with E-state index in [0.717, 1.165) is 42.9 Å². The van der Waals surface area contributed by atoms with Crippen molar-refractivity contribution in [2.75, 3.05) is 26.8 Å². The van der Waals surface area contributed by atoms with Crippen LogP contribution in [-0.2, 0) is 24.5 Å². The number of piperidine rings is 2. The number of hydrogen-bond acceptors (Lipinski definition) is 6. The van der Waals surface area contributed by atoms with Crippen molar-refractivity contribution in [2.45, 2.75) is 38.1 Å². The van der Waals surface area contributed by atoms with Gasteiger partial charge in [0.05, 0.1) is 24.3 Å². The van der Waals surface area contributed by atoms with Crippen molar-refractivity contribution in [1.29, 1.82) is 0 Å². The predicted octanol–water partition coefficient (Wildman–Crippen LogP) is 2.79. The second-order valence-corrected chi connectivity index (χ2v) is 8.55. The third-order valence-electron chi connectivity index (χ3n) is 7.64. The minimum Gasteiger partial charge on any atom is -0.468 e. The third kappa shape index (κ3) is 2.13. The van der Waals surface area contributed by atoms with Gasteiger partial charge in [0.15, 0.2) is 0 Å². The number of para-hydroxylation sites is 1. The van der Waals surface area contributed by atoms with E-state index in [1.54, 1.807) is 0 Å². The van der Waals surface area contributed by atoms with E-state index in [1.807, 2.05) is 25.1 Å². The molecule has 1 aromatic carbocycles. The molecule has 1 saturated carbocycles. The monoisotopic (exact) mass is 394 g/mol. The van der Waals surface area contributed by atoms with Gasteiger partial charge in [0, 0.05) is 31.6 Å². The van der Waals surface area contributed by atoms with Gasteiger partial charge in [0.25, 0.3) is 0 Å². The highest BCUT2D eigenvalue weighted by Gasteiger charge is 2.74. The van der Waals surface area contributed by atoms with Gasteiger partial charge >= 0.3 is 11.9 Å². The molecule has 152 valence electrons. The molecule has 0 spiro atoms. The lowest BCUT2D eigenvalue weighted by Gasteiger charge is -2.64. The molecule has 3 aliphatic heterocycles. The number of ether oxygens (including phenoxy) is 2. The molecule has 6 nitrogen and oxygen atoms in total. The second-order valence-electron chi connectivity index (χ2n) is 8.55. The molecule has 3 bridgehead atoms. The Hall–Kier alpha value is -2.47. The maximum absolute atomic E-state index is 13.7. The lowest BCUT2D eigenvalue weighted by molar-refractivity contribution is -0.176. The molecular formula is C23H26N2O4. The highest BCUT2D eigenvalue weighted by Crippen LogP contribution is 2.66. The van der Waals surface area contributed by atoms with Crippen LogP contribution in [0.15, 0.2) is 40.9 Å². The Morgan fingerprint density at radius 2 is 2.14 bits per heavy atom. The number of aliphatic imine (C=N–C) groups is 1. The molecule has 5 rings (SSSR count). The van der Waals surface area contributed by atoms with Crippen molar-refractivity contribution in [3.63, 3.8) is 0 Å². The lowest BCUT2D eigenvalue weighted by Crippen LogP contribution is -2.75. The molecule has 0 N–H and O–H groups in total. The minimum absolute atomic E-state index is 0.0110. The van der Waals surface area contributed by atoms with Crippen LogP contribution in [0.3, 0.4) is 0 Å². The summed E-state index contributed by atoms with van der Waals surface area (Å²) in [5.74, 6) is -0.737. The van der Waals surface area contributed by atoms with E-state index in [2.05, 4.69) is 17.0 Å². The average molecular weight is 394 g/mol. The number of benzene rings is 1. The smallest absolute Gasteiger partial charge is 0.317 e. The van der Waals surface area contributed by atoms with Crippen molar-refractivity contribution in [2.24, 2.45) is 16.3 Å². The Morgan fingerprint density at radius 1 is 1.34 bits per heavy atom. The number of fused-ring (bicyclic) bond motifs is 2. The molecule has 4 aliphatic rings. The van der Waals surface area contributed by atoms with E-state index in [4.69, 9.17) is 14.5 Å². The Bertz CT molecular complexity index is 967. The zero-order chi connectivity index (χ0) is 20.4. The molecular weight excluding hydrogens is 368 g/mol. The normalized spacial score (nSPS) is 35.7. The van der Waals surface area contributed by atoms with Gasteiger partial charge in [0.1, 0.15) is 12.0 Å². The first-order valence-corrected chi connectivity index (χ1v) is 10.3. The first-order valence-electron chi connectivity index (χ1n) is 10.3. The fourth-order valence-electron chi connectivity index (χ4n) is 6.52. The summed E-state index contributed by atoms with van der Waals surface area (Å²) in [5, 5.41) is 0. The Balaban J connectivity index is 1.83. The molecule has 1 aliphatic carbocycles. The number of esters is 2. The standard InChI is InChI=1S/C23H26N2O4/c1-4-15-12-25-10-9-22-16-7-5-6-8-18(16)24-20(22)19(25)11-17(15)23(22,21(27)28-3)13-29-14(2)26/h4-8,17,19H,9-13H2,1-3H3/b15-4-/t17-,19-,22+,23?/m0/s1. The average Bonchev–Trinajstić information content (AvgIpc) is 3.09. The van der Waals surface area contributed by atoms with Crippen molar-refractivity contribution in [1.82, 2.24) is 4.90 Å². The van der Waals surface area contributed by atoms with Crippen LogP contribution in [0.4, 0.5) is 5.69 Å². The van der Waals surface area contributed by atoms with Gasteiger partial charge in [-0.05, 0) is 31.4 Å². The molecule has 29 heavy (non-hydrogen) atoms. The number of allylic oxidation sites excluding steroid dienone is 1. The van der Waals surface area contributed by atoms with Gasteiger partial charge in [-0.25, -0.2) is 0 Å². The van der Waals surface area contributed by atoms with Crippen LogP contribution in [-0.4, -0.2) is 55.4 Å². The predicted molar refractivity (Wildman–Crippen MR) is 108 cm³/mol. The van der Waals surface area contributed by atoms with Crippen LogP contribution >= 0.6 is 0 Å². The molecule has 0 aromatic heterocycles. The van der Waals surface area contributed by atoms with Crippen LogP contribution < -0.4 is 0 Å². The van der Waals surface area contributed by atoms with Crippen molar-refractivity contribution in [3.8, 4) is 0 Å². The lowest BCUT2D eigenvalue weighted by atomic mass is 9.43. The maximum atomic E-state index is 13.7. The molecule has 3 fully saturated rings. The third-order valence-corrected chi connectivity index (χ3v) is 7.64. The van der Waals surface area contributed by atoms with Crippen LogP contribution in [0, 0.1) is 11.3 Å². The summed E-state index contributed by atoms with van der Waals surface area (Å²) in [6, 6.07) is 8.31.